The van der Waals surface area contributed by atoms with Crippen LogP contribution in [0.3, 0.4) is 0 Å². The minimum absolute atomic E-state index is 0.232. The maximum absolute atomic E-state index is 13.1. The van der Waals surface area contributed by atoms with Gasteiger partial charge >= 0.3 is 5.97 Å². The average molecular weight is 295 g/mol. The molecule has 0 bridgehead atoms. The highest BCUT2D eigenvalue weighted by molar-refractivity contribution is 7.13. The maximum Gasteiger partial charge on any atom is 0.347 e. The molecule has 1 aliphatic rings. The third-order valence-electron chi connectivity index (χ3n) is 3.13. The molecular formula is C14H11F2NO2S. The monoisotopic (exact) mass is 295 g/mol. The molecule has 0 aliphatic heterocycles. The summed E-state index contributed by atoms with van der Waals surface area (Å²) in [4.78, 5) is 15.8. The quantitative estimate of drug-likeness (QED) is 0.937. The van der Waals surface area contributed by atoms with Gasteiger partial charge < -0.3 is 5.11 Å². The number of aromatic nitrogens is 1. The van der Waals surface area contributed by atoms with Crippen LogP contribution in [0.2, 0.25) is 0 Å². The molecule has 0 atom stereocenters. The fraction of sp³-hybridized carbons (Fsp3) is 0.286. The lowest BCUT2D eigenvalue weighted by Gasteiger charge is -1.99. The van der Waals surface area contributed by atoms with E-state index >= 15 is 0 Å². The van der Waals surface area contributed by atoms with E-state index in [1.807, 2.05) is 0 Å². The van der Waals surface area contributed by atoms with Crippen LogP contribution in [0.15, 0.2) is 18.2 Å². The Kier molecular flexibility index (Phi) is 3.25. The summed E-state index contributed by atoms with van der Waals surface area (Å²) in [6, 6.07) is 3.28. The summed E-state index contributed by atoms with van der Waals surface area (Å²) < 4.78 is 26.3. The number of thiazole rings is 1. The van der Waals surface area contributed by atoms with Crippen LogP contribution in [0.1, 0.15) is 44.7 Å². The van der Waals surface area contributed by atoms with Crippen molar-refractivity contribution in [2.75, 3.05) is 0 Å². The number of aromatic carboxylic acids is 1. The SMILES string of the molecule is O=C(O)c1sc(Cc2cc(F)cc(F)c2)nc1C1CC1. The Morgan fingerprint density at radius 1 is 1.30 bits per heavy atom. The van der Waals surface area contributed by atoms with E-state index in [2.05, 4.69) is 4.98 Å². The van der Waals surface area contributed by atoms with E-state index in [1.54, 1.807) is 0 Å². The van der Waals surface area contributed by atoms with E-state index in [1.165, 1.54) is 12.1 Å². The number of halogens is 2. The fourth-order valence-electron chi connectivity index (χ4n) is 2.13. The largest absolute Gasteiger partial charge is 0.477 e. The van der Waals surface area contributed by atoms with Gasteiger partial charge in [-0.05, 0) is 30.5 Å². The van der Waals surface area contributed by atoms with Gasteiger partial charge in [0, 0.05) is 18.4 Å². The van der Waals surface area contributed by atoms with Crippen molar-refractivity contribution in [3.8, 4) is 0 Å². The lowest BCUT2D eigenvalue weighted by Crippen LogP contribution is -1.97. The van der Waals surface area contributed by atoms with Crippen LogP contribution in [-0.4, -0.2) is 16.1 Å². The Labute approximate surface area is 117 Å². The Morgan fingerprint density at radius 3 is 2.50 bits per heavy atom. The van der Waals surface area contributed by atoms with Gasteiger partial charge in [0.05, 0.1) is 10.7 Å². The molecule has 1 aliphatic carbocycles. The van der Waals surface area contributed by atoms with E-state index in [-0.39, 0.29) is 17.2 Å². The van der Waals surface area contributed by atoms with Crippen LogP contribution in [-0.2, 0) is 6.42 Å². The fourth-order valence-corrected chi connectivity index (χ4v) is 3.15. The molecule has 0 saturated heterocycles. The zero-order valence-corrected chi connectivity index (χ0v) is 11.2. The predicted octanol–water partition coefficient (Wildman–Crippen LogP) is 3.59. The normalized spacial score (nSPS) is 14.5. The average Bonchev–Trinajstić information content (AvgIpc) is 3.09. The number of hydrogen-bond donors (Lipinski definition) is 1. The van der Waals surface area contributed by atoms with Crippen molar-refractivity contribution in [1.82, 2.24) is 4.98 Å². The molecule has 104 valence electrons. The van der Waals surface area contributed by atoms with Crippen LogP contribution in [0, 0.1) is 11.6 Å². The minimum Gasteiger partial charge on any atom is -0.477 e. The van der Waals surface area contributed by atoms with Crippen molar-refractivity contribution in [2.24, 2.45) is 0 Å². The number of nitrogens with zero attached hydrogens (tertiary/aromatic N) is 1. The molecule has 20 heavy (non-hydrogen) atoms. The predicted molar refractivity (Wildman–Crippen MR) is 70.2 cm³/mol. The third kappa shape index (κ3) is 2.70. The van der Waals surface area contributed by atoms with Crippen LogP contribution in [0.4, 0.5) is 8.78 Å². The Hall–Kier alpha value is -1.82. The van der Waals surface area contributed by atoms with Gasteiger partial charge in [-0.2, -0.15) is 0 Å². The van der Waals surface area contributed by atoms with Gasteiger partial charge in [0.2, 0.25) is 0 Å². The first-order chi connectivity index (χ1) is 9.52. The molecule has 1 fully saturated rings. The van der Waals surface area contributed by atoms with Gasteiger partial charge in [0.15, 0.2) is 0 Å². The van der Waals surface area contributed by atoms with E-state index in [0.717, 1.165) is 30.2 Å². The highest BCUT2D eigenvalue weighted by Crippen LogP contribution is 2.42. The molecule has 1 N–H and O–H groups in total. The smallest absolute Gasteiger partial charge is 0.347 e. The molecular weight excluding hydrogens is 284 g/mol. The molecule has 1 aromatic heterocycles. The van der Waals surface area contributed by atoms with Gasteiger partial charge in [-0.1, -0.05) is 0 Å². The second-order valence-electron chi connectivity index (χ2n) is 4.86. The second-order valence-corrected chi connectivity index (χ2v) is 5.94. The topological polar surface area (TPSA) is 50.2 Å². The standard InChI is InChI=1S/C14H11F2NO2S/c15-9-3-7(4-10(16)6-9)5-11-17-12(8-1-2-8)13(20-11)14(18)19/h3-4,6,8H,1-2,5H2,(H,18,19). The van der Waals surface area contributed by atoms with Crippen molar-refractivity contribution in [3.05, 3.63) is 51.0 Å². The van der Waals surface area contributed by atoms with Crippen LogP contribution >= 0.6 is 11.3 Å². The lowest BCUT2D eigenvalue weighted by atomic mass is 10.1. The zero-order valence-electron chi connectivity index (χ0n) is 10.4. The third-order valence-corrected chi connectivity index (χ3v) is 4.19. The minimum atomic E-state index is -0.985. The van der Waals surface area contributed by atoms with Crippen molar-refractivity contribution in [2.45, 2.75) is 25.2 Å². The highest BCUT2D eigenvalue weighted by atomic mass is 32.1. The number of rotatable bonds is 4. The molecule has 1 heterocycles. The molecule has 2 aromatic rings. The zero-order chi connectivity index (χ0) is 14.3. The molecule has 0 unspecified atom stereocenters. The molecule has 6 heteroatoms. The van der Waals surface area contributed by atoms with E-state index in [4.69, 9.17) is 5.11 Å². The summed E-state index contributed by atoms with van der Waals surface area (Å²) in [6.45, 7) is 0. The van der Waals surface area contributed by atoms with Gasteiger partial charge in [-0.3, -0.25) is 0 Å². The van der Waals surface area contributed by atoms with Crippen molar-refractivity contribution in [1.29, 1.82) is 0 Å². The van der Waals surface area contributed by atoms with Gasteiger partial charge in [-0.15, -0.1) is 11.3 Å². The summed E-state index contributed by atoms with van der Waals surface area (Å²) >= 11 is 1.09. The van der Waals surface area contributed by atoms with Gasteiger partial charge in [-0.25, -0.2) is 18.6 Å². The maximum atomic E-state index is 13.1. The second kappa shape index (κ2) is 4.94. The van der Waals surface area contributed by atoms with E-state index in [0.29, 0.717) is 16.3 Å². The molecule has 1 saturated carbocycles. The molecule has 1 aromatic carbocycles. The van der Waals surface area contributed by atoms with E-state index in [9.17, 15) is 13.6 Å². The Balaban J connectivity index is 1.90. The summed E-state index contributed by atoms with van der Waals surface area (Å²) in [5.74, 6) is -2.04. The van der Waals surface area contributed by atoms with Crippen LogP contribution in [0.25, 0.3) is 0 Å². The first kappa shape index (κ1) is 13.2. The Morgan fingerprint density at radius 2 is 1.95 bits per heavy atom. The summed E-state index contributed by atoms with van der Waals surface area (Å²) in [5.41, 5.74) is 1.07. The molecule has 0 amide bonds. The first-order valence-corrected chi connectivity index (χ1v) is 7.02. The first-order valence-electron chi connectivity index (χ1n) is 6.21. The Bertz CT molecular complexity index is 660. The number of hydrogen-bond acceptors (Lipinski definition) is 3. The van der Waals surface area contributed by atoms with Crippen LogP contribution in [0.5, 0.6) is 0 Å². The number of carboxylic acids is 1. The summed E-state index contributed by atoms with van der Waals surface area (Å²) in [6.07, 6.45) is 2.16. The van der Waals surface area contributed by atoms with E-state index < -0.39 is 17.6 Å². The van der Waals surface area contributed by atoms with Crippen LogP contribution < -0.4 is 0 Å². The molecule has 0 radical (unpaired) electrons. The summed E-state index contributed by atoms with van der Waals surface area (Å²) in [5, 5.41) is 9.74. The number of carboxylic acid groups (broad SMARTS) is 1. The molecule has 3 rings (SSSR count). The number of benzene rings is 1. The highest BCUT2D eigenvalue weighted by Gasteiger charge is 2.32. The van der Waals surface area contributed by atoms with Crippen molar-refractivity contribution in [3.63, 3.8) is 0 Å². The van der Waals surface area contributed by atoms with Gasteiger partial charge in [0.25, 0.3) is 0 Å². The number of carbonyl (C=O) groups is 1. The van der Waals surface area contributed by atoms with Crippen molar-refractivity contribution < 1.29 is 18.7 Å². The lowest BCUT2D eigenvalue weighted by molar-refractivity contribution is 0.0700. The molecule has 0 spiro atoms. The van der Waals surface area contributed by atoms with Crippen molar-refractivity contribution >= 4 is 17.3 Å². The molecule has 3 nitrogen and oxygen atoms in total. The summed E-state index contributed by atoms with van der Waals surface area (Å²) in [7, 11) is 0. The van der Waals surface area contributed by atoms with Gasteiger partial charge in [0.1, 0.15) is 16.5 Å².